The van der Waals surface area contributed by atoms with E-state index in [0.717, 1.165) is 29.5 Å². The summed E-state index contributed by atoms with van der Waals surface area (Å²) in [5, 5.41) is 0.620. The van der Waals surface area contributed by atoms with E-state index in [1.807, 2.05) is 24.3 Å². The number of allylic oxidation sites excluding steroid dienone is 1. The second-order valence-corrected chi connectivity index (χ2v) is 6.84. The average molecular weight is 362 g/mol. The first-order valence-electron chi connectivity index (χ1n) is 6.41. The minimum absolute atomic E-state index is 0.163. The summed E-state index contributed by atoms with van der Waals surface area (Å²) in [5.74, 6) is 0.465. The van der Waals surface area contributed by atoms with Crippen molar-refractivity contribution in [3.05, 3.63) is 33.8 Å². The van der Waals surface area contributed by atoms with E-state index >= 15 is 0 Å². The van der Waals surface area contributed by atoms with E-state index in [0.29, 0.717) is 9.50 Å². The molecule has 0 atom stereocenters. The summed E-state index contributed by atoms with van der Waals surface area (Å²) in [7, 11) is 3.01. The quantitative estimate of drug-likeness (QED) is 0.425. The predicted octanol–water partition coefficient (Wildman–Crippen LogP) is 2.84. The Balaban J connectivity index is 2.91. The molecule has 110 valence electrons. The second kappa shape index (κ2) is 9.06. The Morgan fingerprint density at radius 2 is 1.90 bits per heavy atom. The number of halogens is 1. The number of benzene rings is 1. The number of rotatable bonds is 7. The van der Waals surface area contributed by atoms with Crippen molar-refractivity contribution in [1.82, 2.24) is 0 Å². The normalized spacial score (nSPS) is 11.8. The van der Waals surface area contributed by atoms with Gasteiger partial charge in [0, 0.05) is 0 Å². The molecule has 0 aliphatic heterocycles. The molecular formula is C15H19ClO3Se. The van der Waals surface area contributed by atoms with Crippen LogP contribution in [0.15, 0.2) is 33.8 Å². The van der Waals surface area contributed by atoms with Gasteiger partial charge in [-0.3, -0.25) is 0 Å². The monoisotopic (exact) mass is 362 g/mol. The van der Waals surface area contributed by atoms with E-state index in [4.69, 9.17) is 21.1 Å². The van der Waals surface area contributed by atoms with Gasteiger partial charge in [0.05, 0.1) is 0 Å². The molecule has 0 unspecified atom stereocenters. The summed E-state index contributed by atoms with van der Waals surface area (Å²) in [4.78, 5) is 11.9. The maximum atomic E-state index is 11.9. The van der Waals surface area contributed by atoms with E-state index in [-0.39, 0.29) is 20.9 Å². The van der Waals surface area contributed by atoms with Crippen LogP contribution in [0.1, 0.15) is 26.2 Å². The summed E-state index contributed by atoms with van der Waals surface area (Å²) in [6.07, 6.45) is 2.73. The molecule has 3 nitrogen and oxygen atoms in total. The summed E-state index contributed by atoms with van der Waals surface area (Å²) in [6, 6.07) is 7.66. The Morgan fingerprint density at radius 1 is 1.25 bits per heavy atom. The van der Waals surface area contributed by atoms with E-state index < -0.39 is 0 Å². The molecule has 1 aromatic carbocycles. The van der Waals surface area contributed by atoms with Gasteiger partial charge in [0.25, 0.3) is 0 Å². The fourth-order valence-corrected chi connectivity index (χ4v) is 3.78. The van der Waals surface area contributed by atoms with Crippen LogP contribution in [0.25, 0.3) is 0 Å². The summed E-state index contributed by atoms with van der Waals surface area (Å²) in [6.45, 7) is 2.09. The van der Waals surface area contributed by atoms with E-state index in [9.17, 15) is 4.79 Å². The fourth-order valence-electron chi connectivity index (χ4n) is 1.51. The molecule has 0 N–H and O–H groups in total. The van der Waals surface area contributed by atoms with Crippen LogP contribution in [0.2, 0.25) is 0 Å². The molecule has 0 saturated carbocycles. The number of methoxy groups -OCH3 is 2. The number of esters is 1. The molecule has 0 saturated heterocycles. The van der Waals surface area contributed by atoms with Gasteiger partial charge in [0.15, 0.2) is 0 Å². The molecule has 0 spiro atoms. The van der Waals surface area contributed by atoms with Crippen molar-refractivity contribution in [2.24, 2.45) is 0 Å². The minimum atomic E-state index is -0.332. The van der Waals surface area contributed by atoms with Gasteiger partial charge in [-0.1, -0.05) is 0 Å². The van der Waals surface area contributed by atoms with Crippen molar-refractivity contribution < 1.29 is 14.3 Å². The van der Waals surface area contributed by atoms with E-state index in [1.54, 1.807) is 7.11 Å². The third-order valence-corrected chi connectivity index (χ3v) is 5.64. The van der Waals surface area contributed by atoms with Gasteiger partial charge in [-0.25, -0.2) is 0 Å². The number of unbranched alkanes of at least 4 members (excludes halogenated alkanes) is 1. The van der Waals surface area contributed by atoms with Crippen LogP contribution >= 0.6 is 11.6 Å². The zero-order valence-corrected chi connectivity index (χ0v) is 14.4. The molecule has 1 aromatic rings. The van der Waals surface area contributed by atoms with Gasteiger partial charge < -0.3 is 0 Å². The number of carbonyl (C=O) groups excluding carboxylic acids is 1. The molecule has 20 heavy (non-hydrogen) atoms. The topological polar surface area (TPSA) is 35.5 Å². The fraction of sp³-hybridized carbons (Fsp3) is 0.400. The summed E-state index contributed by atoms with van der Waals surface area (Å²) < 4.78 is 11.6. The number of carbonyl (C=O) groups is 1. The Labute approximate surface area is 131 Å². The molecular weight excluding hydrogens is 343 g/mol. The molecule has 0 fully saturated rings. The molecule has 0 aliphatic rings. The Bertz CT molecular complexity index is 469. The third-order valence-electron chi connectivity index (χ3n) is 2.65. The van der Waals surface area contributed by atoms with Crippen molar-refractivity contribution in [3.8, 4) is 5.75 Å². The van der Waals surface area contributed by atoms with Crippen LogP contribution in [0.4, 0.5) is 0 Å². The van der Waals surface area contributed by atoms with Crippen molar-refractivity contribution in [2.75, 3.05) is 14.2 Å². The first kappa shape index (κ1) is 17.1. The second-order valence-electron chi connectivity index (χ2n) is 4.11. The SMILES string of the molecule is CCCC/C(Cl)=C(\[Se]c1ccc(OC)cc1)C(=O)OC. The van der Waals surface area contributed by atoms with Crippen molar-refractivity contribution in [3.63, 3.8) is 0 Å². The van der Waals surface area contributed by atoms with Gasteiger partial charge >= 0.3 is 131 Å². The zero-order valence-electron chi connectivity index (χ0n) is 11.9. The maximum absolute atomic E-state index is 11.9. The van der Waals surface area contributed by atoms with E-state index in [1.165, 1.54) is 7.11 Å². The van der Waals surface area contributed by atoms with Gasteiger partial charge in [-0.15, -0.1) is 0 Å². The first-order chi connectivity index (χ1) is 9.62. The van der Waals surface area contributed by atoms with Crippen molar-refractivity contribution >= 4 is 37.0 Å². The summed E-state index contributed by atoms with van der Waals surface area (Å²) in [5.41, 5.74) is 0. The van der Waals surface area contributed by atoms with Gasteiger partial charge in [0.1, 0.15) is 0 Å². The van der Waals surface area contributed by atoms with Crippen LogP contribution in [0, 0.1) is 0 Å². The molecule has 0 aliphatic carbocycles. The van der Waals surface area contributed by atoms with Gasteiger partial charge in [-0.2, -0.15) is 0 Å². The number of ether oxygens (including phenoxy) is 2. The zero-order chi connectivity index (χ0) is 15.0. The average Bonchev–Trinajstić information content (AvgIpc) is 2.50. The van der Waals surface area contributed by atoms with Gasteiger partial charge in [-0.05, 0) is 0 Å². The van der Waals surface area contributed by atoms with Crippen LogP contribution < -0.4 is 9.20 Å². The molecule has 0 heterocycles. The third kappa shape index (κ3) is 5.20. The van der Waals surface area contributed by atoms with Crippen LogP contribution in [-0.2, 0) is 9.53 Å². The first-order valence-corrected chi connectivity index (χ1v) is 8.50. The molecule has 0 bridgehead atoms. The molecule has 0 amide bonds. The number of hydrogen-bond donors (Lipinski definition) is 0. The Morgan fingerprint density at radius 3 is 2.40 bits per heavy atom. The molecule has 5 heteroatoms. The standard InChI is InChI=1S/C15H19ClO3Se/c1-4-5-6-13(16)14(15(17)19-3)20-12-9-7-11(18-2)8-10-12/h7-10H,4-6H2,1-3H3/b14-13+. The molecule has 1 rings (SSSR count). The Kier molecular flexibility index (Phi) is 7.75. The number of hydrogen-bond acceptors (Lipinski definition) is 3. The molecule has 0 aromatic heterocycles. The van der Waals surface area contributed by atoms with Crippen molar-refractivity contribution in [2.45, 2.75) is 26.2 Å². The molecule has 0 radical (unpaired) electrons. The summed E-state index contributed by atoms with van der Waals surface area (Å²) >= 11 is 6.11. The van der Waals surface area contributed by atoms with Gasteiger partial charge in [0.2, 0.25) is 0 Å². The van der Waals surface area contributed by atoms with Crippen LogP contribution in [0.3, 0.4) is 0 Å². The van der Waals surface area contributed by atoms with E-state index in [2.05, 4.69) is 6.92 Å². The predicted molar refractivity (Wildman–Crippen MR) is 82.8 cm³/mol. The van der Waals surface area contributed by atoms with Crippen LogP contribution in [-0.4, -0.2) is 35.1 Å². The van der Waals surface area contributed by atoms with Crippen LogP contribution in [0.5, 0.6) is 5.75 Å². The Hall–Kier alpha value is -0.961. The van der Waals surface area contributed by atoms with Crippen molar-refractivity contribution in [1.29, 1.82) is 0 Å².